The number of carbonyl (C=O) groups excluding carboxylic acids is 2. The Kier molecular flexibility index (Phi) is 7.32. The summed E-state index contributed by atoms with van der Waals surface area (Å²) in [6, 6.07) is 1.72. The highest BCUT2D eigenvalue weighted by atomic mass is 32.2. The van der Waals surface area contributed by atoms with Crippen LogP contribution in [0.1, 0.15) is 39.0 Å². The van der Waals surface area contributed by atoms with Crippen molar-refractivity contribution in [1.29, 1.82) is 0 Å². The zero-order valence-corrected chi connectivity index (χ0v) is 20.0. The Hall–Kier alpha value is -2.17. The Labute approximate surface area is 187 Å². The first-order valence-corrected chi connectivity index (χ1v) is 12.1. The van der Waals surface area contributed by atoms with Crippen LogP contribution in [0.4, 0.5) is 5.00 Å². The van der Waals surface area contributed by atoms with Crippen molar-refractivity contribution in [2.75, 3.05) is 18.2 Å². The number of rotatable bonds is 8. The molecular formula is C20H24N4O3S3. The monoisotopic (exact) mass is 464 g/mol. The van der Waals surface area contributed by atoms with Gasteiger partial charge >= 0.3 is 5.97 Å². The molecule has 160 valence electrons. The Morgan fingerprint density at radius 1 is 1.27 bits per heavy atom. The minimum absolute atomic E-state index is 0.168. The van der Waals surface area contributed by atoms with Crippen LogP contribution < -0.4 is 5.32 Å². The van der Waals surface area contributed by atoms with Gasteiger partial charge in [0.25, 0.3) is 0 Å². The molecule has 3 aromatic heterocycles. The van der Waals surface area contributed by atoms with Gasteiger partial charge in [-0.3, -0.25) is 4.79 Å². The van der Waals surface area contributed by atoms with Crippen molar-refractivity contribution < 1.29 is 14.3 Å². The topological polar surface area (TPSA) is 86.1 Å². The normalized spacial score (nSPS) is 11.0. The van der Waals surface area contributed by atoms with Gasteiger partial charge in [0.1, 0.15) is 5.00 Å². The molecule has 3 aromatic rings. The Morgan fingerprint density at radius 3 is 2.67 bits per heavy atom. The number of esters is 1. The van der Waals surface area contributed by atoms with Gasteiger partial charge < -0.3 is 14.6 Å². The molecule has 0 aliphatic carbocycles. The third-order valence-corrected chi connectivity index (χ3v) is 7.48. The average Bonchev–Trinajstić information content (AvgIpc) is 3.38. The molecule has 0 aromatic carbocycles. The predicted molar refractivity (Wildman–Crippen MR) is 123 cm³/mol. The van der Waals surface area contributed by atoms with Gasteiger partial charge in [-0.2, -0.15) is 0 Å². The highest BCUT2D eigenvalue weighted by Crippen LogP contribution is 2.32. The van der Waals surface area contributed by atoms with Gasteiger partial charge in [0, 0.05) is 27.2 Å². The molecule has 0 atom stereocenters. The molecule has 0 unspecified atom stereocenters. The summed E-state index contributed by atoms with van der Waals surface area (Å²) in [5.74, 6) is 0.336. The number of methoxy groups -OCH3 is 1. The molecule has 0 saturated heterocycles. The zero-order chi connectivity index (χ0) is 21.8. The van der Waals surface area contributed by atoms with Crippen LogP contribution in [-0.4, -0.2) is 39.5 Å². The number of thiophene rings is 2. The van der Waals surface area contributed by atoms with Gasteiger partial charge in [-0.05, 0) is 38.8 Å². The molecule has 0 saturated carbocycles. The van der Waals surface area contributed by atoms with Gasteiger partial charge in [0.05, 0.1) is 18.4 Å². The number of nitrogens with zero attached hydrogens (tertiary/aromatic N) is 3. The van der Waals surface area contributed by atoms with E-state index in [4.69, 9.17) is 4.74 Å². The third kappa shape index (κ3) is 4.76. The lowest BCUT2D eigenvalue weighted by atomic mass is 10.1. The number of ether oxygens (including phenoxy) is 1. The van der Waals surface area contributed by atoms with Gasteiger partial charge in [0.15, 0.2) is 11.0 Å². The van der Waals surface area contributed by atoms with Crippen LogP contribution in [0.5, 0.6) is 0 Å². The first-order valence-electron chi connectivity index (χ1n) is 9.45. The van der Waals surface area contributed by atoms with Crippen LogP contribution in [0.3, 0.4) is 0 Å². The van der Waals surface area contributed by atoms with Crippen LogP contribution in [0.15, 0.2) is 16.6 Å². The summed E-state index contributed by atoms with van der Waals surface area (Å²) >= 11 is 4.39. The van der Waals surface area contributed by atoms with E-state index >= 15 is 0 Å². The van der Waals surface area contributed by atoms with E-state index in [1.165, 1.54) is 40.6 Å². The number of hydrogen-bond donors (Lipinski definition) is 1. The van der Waals surface area contributed by atoms with Crippen LogP contribution in [0.25, 0.3) is 11.4 Å². The van der Waals surface area contributed by atoms with Crippen molar-refractivity contribution in [3.05, 3.63) is 32.3 Å². The Bertz CT molecular complexity index is 1070. The van der Waals surface area contributed by atoms with E-state index in [1.54, 1.807) is 17.4 Å². The number of amides is 1. The molecule has 7 nitrogen and oxygen atoms in total. The van der Waals surface area contributed by atoms with Crippen LogP contribution in [-0.2, 0) is 16.1 Å². The van der Waals surface area contributed by atoms with Crippen molar-refractivity contribution in [3.63, 3.8) is 0 Å². The van der Waals surface area contributed by atoms with E-state index < -0.39 is 5.97 Å². The smallest absolute Gasteiger partial charge is 0.340 e. The second-order valence-electron chi connectivity index (χ2n) is 6.72. The molecule has 1 N–H and O–H groups in total. The Morgan fingerprint density at radius 2 is 2.03 bits per heavy atom. The molecular weight excluding hydrogens is 440 g/mol. The van der Waals surface area contributed by atoms with E-state index in [0.717, 1.165) is 29.2 Å². The summed E-state index contributed by atoms with van der Waals surface area (Å²) < 4.78 is 6.86. The van der Waals surface area contributed by atoms with Crippen molar-refractivity contribution >= 4 is 51.3 Å². The zero-order valence-electron chi connectivity index (χ0n) is 17.6. The SMILES string of the molecule is CCCn1c(SCC(=O)Nc2sc(C)cc2C(=O)OC)nnc1-c1csc(C)c1C. The summed E-state index contributed by atoms with van der Waals surface area (Å²) in [7, 11) is 1.33. The van der Waals surface area contributed by atoms with E-state index in [0.29, 0.717) is 15.7 Å². The first kappa shape index (κ1) is 22.5. The number of hydrogen-bond acceptors (Lipinski definition) is 8. The fourth-order valence-electron chi connectivity index (χ4n) is 2.92. The summed E-state index contributed by atoms with van der Waals surface area (Å²) in [5.41, 5.74) is 2.67. The van der Waals surface area contributed by atoms with Gasteiger partial charge in [0.2, 0.25) is 5.91 Å². The third-order valence-electron chi connectivity index (χ3n) is 4.54. The number of aryl methyl sites for hydroxylation is 2. The van der Waals surface area contributed by atoms with Crippen molar-refractivity contribution in [2.45, 2.75) is 45.8 Å². The van der Waals surface area contributed by atoms with Gasteiger partial charge in [-0.1, -0.05) is 18.7 Å². The Balaban J connectivity index is 1.74. The molecule has 0 aliphatic rings. The lowest BCUT2D eigenvalue weighted by Crippen LogP contribution is -2.16. The van der Waals surface area contributed by atoms with Crippen molar-refractivity contribution in [1.82, 2.24) is 14.8 Å². The molecule has 10 heteroatoms. The first-order chi connectivity index (χ1) is 14.3. The van der Waals surface area contributed by atoms with Crippen LogP contribution >= 0.6 is 34.4 Å². The molecule has 0 bridgehead atoms. The minimum Gasteiger partial charge on any atom is -0.465 e. The molecule has 0 spiro atoms. The highest BCUT2D eigenvalue weighted by molar-refractivity contribution is 7.99. The summed E-state index contributed by atoms with van der Waals surface area (Å²) in [6.07, 6.45) is 0.934. The maximum Gasteiger partial charge on any atom is 0.340 e. The lowest BCUT2D eigenvalue weighted by molar-refractivity contribution is -0.113. The quantitative estimate of drug-likeness (QED) is 0.376. The van der Waals surface area contributed by atoms with Crippen LogP contribution in [0.2, 0.25) is 0 Å². The fraction of sp³-hybridized carbons (Fsp3) is 0.400. The summed E-state index contributed by atoms with van der Waals surface area (Å²) in [4.78, 5) is 26.6. The van der Waals surface area contributed by atoms with Crippen LogP contribution in [0, 0.1) is 20.8 Å². The summed E-state index contributed by atoms with van der Waals surface area (Å²) in [6.45, 7) is 8.94. The lowest BCUT2D eigenvalue weighted by Gasteiger charge is -2.09. The molecule has 0 fully saturated rings. The highest BCUT2D eigenvalue weighted by Gasteiger charge is 2.20. The van der Waals surface area contributed by atoms with Crippen molar-refractivity contribution in [3.8, 4) is 11.4 Å². The van der Waals surface area contributed by atoms with E-state index in [-0.39, 0.29) is 11.7 Å². The second kappa shape index (κ2) is 9.76. The number of aromatic nitrogens is 3. The number of carbonyl (C=O) groups is 2. The molecule has 1 amide bonds. The molecule has 3 heterocycles. The predicted octanol–water partition coefficient (Wildman–Crippen LogP) is 4.92. The number of thioether (sulfide) groups is 1. The maximum absolute atomic E-state index is 12.5. The average molecular weight is 465 g/mol. The maximum atomic E-state index is 12.5. The van der Waals surface area contributed by atoms with E-state index in [2.05, 4.69) is 46.2 Å². The molecule has 30 heavy (non-hydrogen) atoms. The van der Waals surface area contributed by atoms with E-state index in [9.17, 15) is 9.59 Å². The minimum atomic E-state index is -0.462. The molecule has 0 radical (unpaired) electrons. The fourth-order valence-corrected chi connectivity index (χ4v) is 5.46. The molecule has 3 rings (SSSR count). The number of anilines is 1. The van der Waals surface area contributed by atoms with Gasteiger partial charge in [-0.25, -0.2) is 4.79 Å². The largest absolute Gasteiger partial charge is 0.465 e. The van der Waals surface area contributed by atoms with Gasteiger partial charge in [-0.15, -0.1) is 32.9 Å². The summed E-state index contributed by atoms with van der Waals surface area (Å²) in [5, 5.41) is 14.9. The standard InChI is InChI=1S/C20H24N4O3S3/c1-6-7-24-17(15-9-28-13(4)12(15)3)22-23-20(24)29-10-16(25)21-18-14(19(26)27-5)8-11(2)30-18/h8-9H,6-7,10H2,1-5H3,(H,21,25). The molecule has 0 aliphatic heterocycles. The van der Waals surface area contributed by atoms with Crippen molar-refractivity contribution in [2.24, 2.45) is 0 Å². The number of nitrogens with one attached hydrogen (secondary N) is 1. The second-order valence-corrected chi connectivity index (χ2v) is 10.00. The van der Waals surface area contributed by atoms with E-state index in [1.807, 2.05) is 6.92 Å².